The molecular formula is C13H15N5O2. The fourth-order valence-corrected chi connectivity index (χ4v) is 2.16. The van der Waals surface area contributed by atoms with Crippen LogP contribution in [0.4, 0.5) is 11.8 Å². The second kappa shape index (κ2) is 4.84. The van der Waals surface area contributed by atoms with Crippen molar-refractivity contribution in [2.45, 2.75) is 19.4 Å². The summed E-state index contributed by atoms with van der Waals surface area (Å²) in [5, 5.41) is 4.56. The number of ether oxygens (including phenoxy) is 1. The highest BCUT2D eigenvalue weighted by Gasteiger charge is 2.19. The van der Waals surface area contributed by atoms with Crippen molar-refractivity contribution in [1.82, 2.24) is 9.97 Å². The highest BCUT2D eigenvalue weighted by atomic mass is 16.7. The van der Waals surface area contributed by atoms with E-state index in [9.17, 15) is 0 Å². The lowest BCUT2D eigenvalue weighted by molar-refractivity contribution is 0.0475. The Bertz CT molecular complexity index is 686. The molecule has 1 aromatic carbocycles. The first-order valence-electron chi connectivity index (χ1n) is 6.27. The minimum Gasteiger partial charge on any atom is -0.489 e. The van der Waals surface area contributed by atoms with Crippen LogP contribution in [0.5, 0.6) is 5.75 Å². The lowest BCUT2D eigenvalue weighted by atomic mass is 10.2. The normalized spacial score (nSPS) is 17.9. The van der Waals surface area contributed by atoms with Gasteiger partial charge in [-0.3, -0.25) is 0 Å². The first-order valence-corrected chi connectivity index (χ1v) is 6.27. The minimum atomic E-state index is -0.0684. The van der Waals surface area contributed by atoms with Crippen LogP contribution in [0.2, 0.25) is 0 Å². The van der Waals surface area contributed by atoms with Crippen LogP contribution in [-0.4, -0.2) is 28.4 Å². The number of hydrogen-bond donors (Lipinski definition) is 2. The molecule has 104 valence electrons. The summed E-state index contributed by atoms with van der Waals surface area (Å²) >= 11 is 0. The molecule has 0 aliphatic carbocycles. The molecule has 3 rings (SSSR count). The Balaban J connectivity index is 1.84. The van der Waals surface area contributed by atoms with Gasteiger partial charge < -0.3 is 21.0 Å². The molecule has 1 unspecified atom stereocenters. The van der Waals surface area contributed by atoms with E-state index in [0.29, 0.717) is 29.1 Å². The molecule has 0 amide bonds. The van der Waals surface area contributed by atoms with Crippen molar-refractivity contribution in [3.05, 3.63) is 18.2 Å². The summed E-state index contributed by atoms with van der Waals surface area (Å²) in [5.74, 6) is 1.08. The van der Waals surface area contributed by atoms with Gasteiger partial charge >= 0.3 is 0 Å². The fraction of sp³-hybridized carbons (Fsp3) is 0.308. The summed E-state index contributed by atoms with van der Waals surface area (Å²) in [6, 6.07) is 5.47. The number of fused-ring (bicyclic) bond motifs is 1. The quantitative estimate of drug-likeness (QED) is 0.873. The monoisotopic (exact) mass is 273 g/mol. The van der Waals surface area contributed by atoms with Crippen LogP contribution in [0.1, 0.15) is 13.3 Å². The van der Waals surface area contributed by atoms with E-state index in [1.165, 1.54) is 0 Å². The fourth-order valence-electron chi connectivity index (χ4n) is 2.16. The molecule has 0 spiro atoms. The average Bonchev–Trinajstić information content (AvgIpc) is 2.81. The zero-order valence-corrected chi connectivity index (χ0v) is 11.0. The number of aromatic nitrogens is 2. The van der Waals surface area contributed by atoms with E-state index in [-0.39, 0.29) is 12.1 Å². The zero-order valence-electron chi connectivity index (χ0n) is 11.0. The van der Waals surface area contributed by atoms with Gasteiger partial charge in [0.15, 0.2) is 6.10 Å². The number of hydrogen-bond acceptors (Lipinski definition) is 7. The Hall–Kier alpha value is -2.57. The Labute approximate surface area is 115 Å². The smallest absolute Gasteiger partial charge is 0.222 e. The Kier molecular flexibility index (Phi) is 3.02. The van der Waals surface area contributed by atoms with Gasteiger partial charge in [0.05, 0.1) is 16.6 Å². The summed E-state index contributed by atoms with van der Waals surface area (Å²) in [5.41, 5.74) is 13.1. The summed E-state index contributed by atoms with van der Waals surface area (Å²) in [4.78, 5) is 13.3. The van der Waals surface area contributed by atoms with E-state index in [1.807, 2.05) is 25.1 Å². The maximum atomic E-state index is 5.90. The molecule has 0 saturated heterocycles. The third-order valence-corrected chi connectivity index (χ3v) is 3.04. The third kappa shape index (κ3) is 2.29. The number of nitrogen functional groups attached to an aromatic ring is 2. The zero-order chi connectivity index (χ0) is 14.1. The Morgan fingerprint density at radius 3 is 2.95 bits per heavy atom. The number of benzene rings is 1. The van der Waals surface area contributed by atoms with Gasteiger partial charge in [0, 0.05) is 6.42 Å². The van der Waals surface area contributed by atoms with E-state index in [2.05, 4.69) is 15.1 Å². The molecule has 4 N–H and O–H groups in total. The average molecular weight is 273 g/mol. The van der Waals surface area contributed by atoms with Crippen molar-refractivity contribution in [3.63, 3.8) is 0 Å². The second-order valence-corrected chi connectivity index (χ2v) is 4.69. The predicted molar refractivity (Wildman–Crippen MR) is 76.5 cm³/mol. The molecule has 7 nitrogen and oxygen atoms in total. The molecular weight excluding hydrogens is 258 g/mol. The van der Waals surface area contributed by atoms with Gasteiger partial charge in [-0.15, -0.1) is 0 Å². The second-order valence-electron chi connectivity index (χ2n) is 4.69. The van der Waals surface area contributed by atoms with Crippen molar-refractivity contribution in [3.8, 4) is 5.75 Å². The summed E-state index contributed by atoms with van der Waals surface area (Å²) in [7, 11) is 0. The molecule has 2 heterocycles. The van der Waals surface area contributed by atoms with Gasteiger partial charge in [-0.05, 0) is 19.1 Å². The molecule has 1 atom stereocenters. The van der Waals surface area contributed by atoms with Crippen molar-refractivity contribution in [2.75, 3.05) is 18.1 Å². The maximum Gasteiger partial charge on any atom is 0.222 e. The lowest BCUT2D eigenvalue weighted by Gasteiger charge is -2.13. The molecule has 0 fully saturated rings. The van der Waals surface area contributed by atoms with Crippen molar-refractivity contribution >= 4 is 28.4 Å². The molecule has 2 aromatic rings. The molecule has 1 aromatic heterocycles. The van der Waals surface area contributed by atoms with Crippen molar-refractivity contribution in [2.24, 2.45) is 5.16 Å². The number of nitrogens with two attached hydrogens (primary N) is 2. The number of oxime groups is 1. The maximum absolute atomic E-state index is 5.90. The van der Waals surface area contributed by atoms with E-state index in [4.69, 9.17) is 21.0 Å². The largest absolute Gasteiger partial charge is 0.489 e. The number of rotatable bonds is 3. The number of anilines is 2. The first-order chi connectivity index (χ1) is 9.63. The van der Waals surface area contributed by atoms with Gasteiger partial charge in [0.25, 0.3) is 0 Å². The molecule has 0 saturated carbocycles. The summed E-state index contributed by atoms with van der Waals surface area (Å²) in [6.07, 6.45) is 0.699. The van der Waals surface area contributed by atoms with Crippen LogP contribution >= 0.6 is 0 Å². The summed E-state index contributed by atoms with van der Waals surface area (Å²) < 4.78 is 5.77. The Morgan fingerprint density at radius 2 is 2.20 bits per heavy atom. The van der Waals surface area contributed by atoms with E-state index >= 15 is 0 Å². The SMILES string of the molecule is CC1=NOC(COc2cccc3nc(N)nc(N)c23)C1. The van der Waals surface area contributed by atoms with Gasteiger partial charge in [0.2, 0.25) is 5.95 Å². The third-order valence-electron chi connectivity index (χ3n) is 3.04. The van der Waals surface area contributed by atoms with Crippen LogP contribution in [0.15, 0.2) is 23.4 Å². The van der Waals surface area contributed by atoms with Crippen LogP contribution < -0.4 is 16.2 Å². The predicted octanol–water partition coefficient (Wildman–Crippen LogP) is 1.34. The standard InChI is InChI=1S/C13H15N5O2/c1-7-5-8(20-18-7)6-19-10-4-2-3-9-11(10)12(14)17-13(15)16-9/h2-4,8H,5-6H2,1H3,(H4,14,15,16,17). The van der Waals surface area contributed by atoms with E-state index < -0.39 is 0 Å². The van der Waals surface area contributed by atoms with Crippen LogP contribution in [0.25, 0.3) is 10.9 Å². The van der Waals surface area contributed by atoms with E-state index in [1.54, 1.807) is 0 Å². The first kappa shape index (κ1) is 12.5. The van der Waals surface area contributed by atoms with Crippen LogP contribution in [0, 0.1) is 0 Å². The van der Waals surface area contributed by atoms with Crippen molar-refractivity contribution < 1.29 is 9.57 Å². The lowest BCUT2D eigenvalue weighted by Crippen LogP contribution is -2.17. The molecule has 7 heteroatoms. The molecule has 20 heavy (non-hydrogen) atoms. The molecule has 1 aliphatic heterocycles. The van der Waals surface area contributed by atoms with Crippen LogP contribution in [0.3, 0.4) is 0 Å². The van der Waals surface area contributed by atoms with E-state index in [0.717, 1.165) is 12.1 Å². The minimum absolute atomic E-state index is 0.0684. The van der Waals surface area contributed by atoms with Gasteiger partial charge in [0.1, 0.15) is 18.2 Å². The number of nitrogens with zero attached hydrogens (tertiary/aromatic N) is 3. The van der Waals surface area contributed by atoms with Crippen LogP contribution in [-0.2, 0) is 4.84 Å². The van der Waals surface area contributed by atoms with Gasteiger partial charge in [-0.25, -0.2) is 4.98 Å². The topological polar surface area (TPSA) is 109 Å². The summed E-state index contributed by atoms with van der Waals surface area (Å²) in [6.45, 7) is 2.32. The molecule has 0 bridgehead atoms. The van der Waals surface area contributed by atoms with Crippen molar-refractivity contribution in [1.29, 1.82) is 0 Å². The molecule has 0 radical (unpaired) electrons. The Morgan fingerprint density at radius 1 is 1.35 bits per heavy atom. The van der Waals surface area contributed by atoms with Gasteiger partial charge in [-0.1, -0.05) is 11.2 Å². The highest BCUT2D eigenvalue weighted by molar-refractivity contribution is 5.94. The highest BCUT2D eigenvalue weighted by Crippen LogP contribution is 2.29. The van der Waals surface area contributed by atoms with Gasteiger partial charge in [-0.2, -0.15) is 4.98 Å². The molecule has 1 aliphatic rings.